The number of benzene rings is 2. The Balaban J connectivity index is 1.57. The van der Waals surface area contributed by atoms with E-state index in [9.17, 15) is 10.1 Å². The summed E-state index contributed by atoms with van der Waals surface area (Å²) in [7, 11) is 0. The summed E-state index contributed by atoms with van der Waals surface area (Å²) in [6.07, 6.45) is 1.86. The van der Waals surface area contributed by atoms with Gasteiger partial charge in [-0.05, 0) is 30.3 Å². The number of piperidine rings is 1. The average Bonchev–Trinajstić information content (AvgIpc) is 2.62. The summed E-state index contributed by atoms with van der Waals surface area (Å²) < 4.78 is 5.97. The Labute approximate surface area is 140 Å². The molecule has 122 valence electrons. The highest BCUT2D eigenvalue weighted by Gasteiger charge is 2.21. The van der Waals surface area contributed by atoms with Crippen molar-refractivity contribution in [3.8, 4) is 11.8 Å². The second-order valence-electron chi connectivity index (χ2n) is 5.72. The maximum Gasteiger partial charge on any atom is 0.269 e. The smallest absolute Gasteiger partial charge is 0.269 e. The molecule has 24 heavy (non-hydrogen) atoms. The van der Waals surface area contributed by atoms with Crippen LogP contribution in [0.5, 0.6) is 5.75 Å². The van der Waals surface area contributed by atoms with Crippen LogP contribution in [0.25, 0.3) is 0 Å². The van der Waals surface area contributed by atoms with Gasteiger partial charge >= 0.3 is 0 Å². The summed E-state index contributed by atoms with van der Waals surface area (Å²) in [5, 5.41) is 19.6. The minimum absolute atomic E-state index is 0.106. The number of rotatable bonds is 4. The second kappa shape index (κ2) is 7.01. The molecule has 0 aromatic heterocycles. The predicted octanol–water partition coefficient (Wildman–Crippen LogP) is 3.51. The van der Waals surface area contributed by atoms with Crippen LogP contribution in [-0.2, 0) is 0 Å². The number of nitro groups is 1. The van der Waals surface area contributed by atoms with Crippen LogP contribution in [0, 0.1) is 21.4 Å². The van der Waals surface area contributed by atoms with E-state index in [0.717, 1.165) is 37.4 Å². The van der Waals surface area contributed by atoms with Crippen molar-refractivity contribution in [3.05, 3.63) is 64.2 Å². The number of hydrogen-bond donors (Lipinski definition) is 0. The Hall–Kier alpha value is -3.07. The lowest BCUT2D eigenvalue weighted by Crippen LogP contribution is -2.38. The summed E-state index contributed by atoms with van der Waals surface area (Å²) >= 11 is 0. The van der Waals surface area contributed by atoms with E-state index in [2.05, 4.69) is 11.0 Å². The number of anilines is 1. The number of ether oxygens (including phenoxy) is 1. The predicted molar refractivity (Wildman–Crippen MR) is 90.1 cm³/mol. The van der Waals surface area contributed by atoms with E-state index < -0.39 is 0 Å². The first-order valence-corrected chi connectivity index (χ1v) is 7.82. The second-order valence-corrected chi connectivity index (χ2v) is 5.72. The normalized spacial score (nSPS) is 14.9. The standard InChI is InChI=1S/C18H17N3O3/c19-13-14-2-1-3-18(12-14)24-17-8-10-20(11-9-17)15-4-6-16(7-5-15)21(22)23/h1-7,12,17H,8-11H2. The van der Waals surface area contributed by atoms with Crippen molar-refractivity contribution >= 4 is 11.4 Å². The Morgan fingerprint density at radius 1 is 1.17 bits per heavy atom. The van der Waals surface area contributed by atoms with Crippen LogP contribution in [-0.4, -0.2) is 24.1 Å². The van der Waals surface area contributed by atoms with Crippen molar-refractivity contribution in [1.29, 1.82) is 5.26 Å². The minimum atomic E-state index is -0.390. The number of nitrogens with zero attached hydrogens (tertiary/aromatic N) is 3. The van der Waals surface area contributed by atoms with E-state index in [1.165, 1.54) is 12.1 Å². The summed E-state index contributed by atoms with van der Waals surface area (Å²) in [4.78, 5) is 12.5. The first-order chi connectivity index (χ1) is 11.7. The molecule has 1 aliphatic heterocycles. The first-order valence-electron chi connectivity index (χ1n) is 7.82. The molecular formula is C18H17N3O3. The fourth-order valence-electron chi connectivity index (χ4n) is 2.85. The number of hydrogen-bond acceptors (Lipinski definition) is 5. The average molecular weight is 323 g/mol. The van der Waals surface area contributed by atoms with Gasteiger partial charge < -0.3 is 9.64 Å². The van der Waals surface area contributed by atoms with Crippen molar-refractivity contribution < 1.29 is 9.66 Å². The van der Waals surface area contributed by atoms with Crippen LogP contribution < -0.4 is 9.64 Å². The van der Waals surface area contributed by atoms with Crippen LogP contribution in [0.15, 0.2) is 48.5 Å². The van der Waals surface area contributed by atoms with Gasteiger partial charge in [-0.2, -0.15) is 5.26 Å². The van der Waals surface area contributed by atoms with Gasteiger partial charge in [0.15, 0.2) is 0 Å². The Kier molecular flexibility index (Phi) is 4.62. The zero-order valence-corrected chi connectivity index (χ0v) is 13.1. The fraction of sp³-hybridized carbons (Fsp3) is 0.278. The molecule has 0 amide bonds. The quantitative estimate of drug-likeness (QED) is 0.635. The zero-order valence-electron chi connectivity index (χ0n) is 13.1. The van der Waals surface area contributed by atoms with Crippen LogP contribution in [0.2, 0.25) is 0 Å². The van der Waals surface area contributed by atoms with Crippen LogP contribution in [0.3, 0.4) is 0 Å². The van der Waals surface area contributed by atoms with Crippen molar-refractivity contribution in [3.63, 3.8) is 0 Å². The molecule has 0 radical (unpaired) electrons. The molecule has 0 bridgehead atoms. The van der Waals surface area contributed by atoms with Crippen LogP contribution in [0.1, 0.15) is 18.4 Å². The van der Waals surface area contributed by atoms with Crippen molar-refractivity contribution in [2.45, 2.75) is 18.9 Å². The summed E-state index contributed by atoms with van der Waals surface area (Å²) in [6.45, 7) is 1.67. The van der Waals surface area contributed by atoms with Crippen LogP contribution >= 0.6 is 0 Å². The van der Waals surface area contributed by atoms with E-state index in [4.69, 9.17) is 10.00 Å². The van der Waals surface area contributed by atoms with Crippen LogP contribution in [0.4, 0.5) is 11.4 Å². The molecule has 6 heteroatoms. The molecule has 2 aromatic carbocycles. The highest BCUT2D eigenvalue weighted by molar-refractivity contribution is 5.51. The van der Waals surface area contributed by atoms with Gasteiger partial charge in [-0.1, -0.05) is 6.07 Å². The topological polar surface area (TPSA) is 79.4 Å². The third-order valence-electron chi connectivity index (χ3n) is 4.13. The van der Waals surface area contributed by atoms with E-state index in [1.807, 2.05) is 12.1 Å². The zero-order chi connectivity index (χ0) is 16.9. The van der Waals surface area contributed by atoms with Gasteiger partial charge in [0.2, 0.25) is 0 Å². The third-order valence-corrected chi connectivity index (χ3v) is 4.13. The number of nitro benzene ring substituents is 1. The molecule has 1 heterocycles. The van der Waals surface area contributed by atoms with E-state index in [-0.39, 0.29) is 16.7 Å². The van der Waals surface area contributed by atoms with Gasteiger partial charge in [0.1, 0.15) is 11.9 Å². The minimum Gasteiger partial charge on any atom is -0.490 e. The molecule has 0 N–H and O–H groups in total. The Bertz CT molecular complexity index is 760. The molecule has 0 saturated carbocycles. The molecule has 0 unspecified atom stereocenters. The molecule has 0 atom stereocenters. The Morgan fingerprint density at radius 3 is 2.50 bits per heavy atom. The van der Waals surface area contributed by atoms with Gasteiger partial charge in [-0.25, -0.2) is 0 Å². The van der Waals surface area contributed by atoms with Gasteiger partial charge in [-0.15, -0.1) is 0 Å². The molecule has 1 fully saturated rings. The highest BCUT2D eigenvalue weighted by atomic mass is 16.6. The van der Waals surface area contributed by atoms with Gasteiger partial charge in [0, 0.05) is 43.8 Å². The monoisotopic (exact) mass is 323 g/mol. The molecule has 3 rings (SSSR count). The largest absolute Gasteiger partial charge is 0.490 e. The molecule has 0 spiro atoms. The molecule has 1 aliphatic rings. The summed E-state index contributed by atoms with van der Waals surface area (Å²) in [6, 6.07) is 15.9. The summed E-state index contributed by atoms with van der Waals surface area (Å²) in [5.74, 6) is 0.725. The summed E-state index contributed by atoms with van der Waals surface area (Å²) in [5.41, 5.74) is 1.69. The third kappa shape index (κ3) is 3.63. The van der Waals surface area contributed by atoms with E-state index in [1.54, 1.807) is 24.3 Å². The van der Waals surface area contributed by atoms with E-state index >= 15 is 0 Å². The van der Waals surface area contributed by atoms with Gasteiger partial charge in [-0.3, -0.25) is 10.1 Å². The Morgan fingerprint density at radius 2 is 1.88 bits per heavy atom. The first kappa shape index (κ1) is 15.8. The highest BCUT2D eigenvalue weighted by Crippen LogP contribution is 2.25. The molecule has 0 aliphatic carbocycles. The number of nitriles is 1. The molecule has 6 nitrogen and oxygen atoms in total. The maximum atomic E-state index is 10.7. The van der Waals surface area contributed by atoms with Gasteiger partial charge in [0.25, 0.3) is 5.69 Å². The van der Waals surface area contributed by atoms with Crippen molar-refractivity contribution in [2.24, 2.45) is 0 Å². The maximum absolute atomic E-state index is 10.7. The fourth-order valence-corrected chi connectivity index (χ4v) is 2.85. The molecule has 2 aromatic rings. The van der Waals surface area contributed by atoms with Gasteiger partial charge in [0.05, 0.1) is 16.6 Å². The van der Waals surface area contributed by atoms with Crippen molar-refractivity contribution in [2.75, 3.05) is 18.0 Å². The lowest BCUT2D eigenvalue weighted by molar-refractivity contribution is -0.384. The number of non-ortho nitro benzene ring substituents is 1. The molecule has 1 saturated heterocycles. The van der Waals surface area contributed by atoms with E-state index in [0.29, 0.717) is 5.56 Å². The molecular weight excluding hydrogens is 306 g/mol. The lowest BCUT2D eigenvalue weighted by atomic mass is 10.1. The SMILES string of the molecule is N#Cc1cccc(OC2CCN(c3ccc([N+](=O)[O-])cc3)CC2)c1. The van der Waals surface area contributed by atoms with Crippen molar-refractivity contribution in [1.82, 2.24) is 0 Å². The lowest BCUT2D eigenvalue weighted by Gasteiger charge is -2.33.